The van der Waals surface area contributed by atoms with Crippen LogP contribution < -0.4 is 10.1 Å². The normalized spacial score (nSPS) is 10.7. The minimum atomic E-state index is -0.748. The lowest BCUT2D eigenvalue weighted by molar-refractivity contribution is 0.264. The van der Waals surface area contributed by atoms with Gasteiger partial charge in [0.2, 0.25) is 0 Å². The van der Waals surface area contributed by atoms with E-state index in [0.29, 0.717) is 12.1 Å². The highest BCUT2D eigenvalue weighted by Gasteiger charge is 2.12. The van der Waals surface area contributed by atoms with E-state index < -0.39 is 24.1 Å². The zero-order valence-electron chi connectivity index (χ0n) is 10.4. The molecule has 0 aliphatic rings. The zero-order chi connectivity index (χ0) is 13.4. The maximum Gasteiger partial charge on any atom is 0.190 e. The van der Waals surface area contributed by atoms with Crippen LogP contribution in [0.2, 0.25) is 0 Å². The minimum Gasteiger partial charge on any atom is -0.488 e. The van der Waals surface area contributed by atoms with Gasteiger partial charge in [-0.25, -0.2) is 8.78 Å². The molecule has 5 heteroatoms. The van der Waals surface area contributed by atoms with Crippen molar-refractivity contribution in [2.24, 2.45) is 0 Å². The van der Waals surface area contributed by atoms with Crippen LogP contribution in [0.3, 0.4) is 0 Å². The summed E-state index contributed by atoms with van der Waals surface area (Å²) in [6.07, 6.45) is 1.08. The molecule has 1 rings (SSSR count). The first kappa shape index (κ1) is 14.8. The molecule has 0 radical (unpaired) electrons. The van der Waals surface area contributed by atoms with E-state index in [2.05, 4.69) is 5.32 Å². The summed E-state index contributed by atoms with van der Waals surface area (Å²) in [5.41, 5.74) is 0.524. The molecule has 18 heavy (non-hydrogen) atoms. The molecule has 0 bridgehead atoms. The molecule has 0 unspecified atom stereocenters. The summed E-state index contributed by atoms with van der Waals surface area (Å²) in [7, 11) is 0. The largest absolute Gasteiger partial charge is 0.488 e. The predicted octanol–water partition coefficient (Wildman–Crippen LogP) is 3.20. The standard InChI is InChI=1S/C13H18F3NO/c1-2-5-17-9-10-7-11(15)13(12(16)8-10)18-6-3-4-14/h7-8,17H,2-6,9H2,1H3. The third kappa shape index (κ3) is 4.56. The van der Waals surface area contributed by atoms with Gasteiger partial charge < -0.3 is 10.1 Å². The van der Waals surface area contributed by atoms with Crippen molar-refractivity contribution in [3.05, 3.63) is 29.3 Å². The van der Waals surface area contributed by atoms with Crippen molar-refractivity contribution in [3.8, 4) is 5.75 Å². The van der Waals surface area contributed by atoms with E-state index in [1.54, 1.807) is 0 Å². The lowest BCUT2D eigenvalue weighted by atomic mass is 10.2. The highest BCUT2D eigenvalue weighted by Crippen LogP contribution is 2.23. The molecule has 1 aromatic rings. The maximum absolute atomic E-state index is 13.6. The molecule has 2 nitrogen and oxygen atoms in total. The second kappa shape index (κ2) is 7.97. The van der Waals surface area contributed by atoms with Gasteiger partial charge in [-0.2, -0.15) is 0 Å². The summed E-state index contributed by atoms with van der Waals surface area (Å²) >= 11 is 0. The van der Waals surface area contributed by atoms with Crippen LogP contribution in [0.4, 0.5) is 13.2 Å². The molecular weight excluding hydrogens is 243 g/mol. The lowest BCUT2D eigenvalue weighted by Gasteiger charge is -2.10. The van der Waals surface area contributed by atoms with Crippen molar-refractivity contribution in [2.75, 3.05) is 19.8 Å². The Bertz CT molecular complexity index is 348. The Labute approximate surface area is 105 Å². The van der Waals surface area contributed by atoms with Crippen molar-refractivity contribution in [1.82, 2.24) is 5.32 Å². The lowest BCUT2D eigenvalue weighted by Crippen LogP contribution is -2.14. The summed E-state index contributed by atoms with van der Waals surface area (Å²) in [6, 6.07) is 2.47. The molecule has 0 saturated carbocycles. The Balaban J connectivity index is 2.65. The number of nitrogens with one attached hydrogen (secondary N) is 1. The van der Waals surface area contributed by atoms with Gasteiger partial charge in [0.15, 0.2) is 17.4 Å². The molecule has 0 heterocycles. The van der Waals surface area contributed by atoms with Crippen LogP contribution in [0.25, 0.3) is 0 Å². The van der Waals surface area contributed by atoms with E-state index in [-0.39, 0.29) is 13.0 Å². The van der Waals surface area contributed by atoms with Crippen LogP contribution in [0, 0.1) is 11.6 Å². The van der Waals surface area contributed by atoms with Crippen LogP contribution in [0.5, 0.6) is 5.75 Å². The summed E-state index contributed by atoms with van der Waals surface area (Å²) in [4.78, 5) is 0. The highest BCUT2D eigenvalue weighted by atomic mass is 19.1. The second-order valence-corrected chi connectivity index (χ2v) is 3.96. The van der Waals surface area contributed by atoms with Gasteiger partial charge >= 0.3 is 0 Å². The minimum absolute atomic E-state index is 0.0300. The van der Waals surface area contributed by atoms with Gasteiger partial charge in [0.25, 0.3) is 0 Å². The average Bonchev–Trinajstić information content (AvgIpc) is 2.33. The van der Waals surface area contributed by atoms with E-state index in [9.17, 15) is 13.2 Å². The topological polar surface area (TPSA) is 21.3 Å². The number of halogens is 3. The molecule has 0 aliphatic heterocycles. The average molecular weight is 261 g/mol. The monoisotopic (exact) mass is 261 g/mol. The third-order valence-corrected chi connectivity index (χ3v) is 2.34. The van der Waals surface area contributed by atoms with Gasteiger partial charge in [-0.1, -0.05) is 6.92 Å². The van der Waals surface area contributed by atoms with Gasteiger partial charge in [0.05, 0.1) is 13.3 Å². The SMILES string of the molecule is CCCNCc1cc(F)c(OCCCF)c(F)c1. The molecule has 0 amide bonds. The summed E-state index contributed by atoms with van der Waals surface area (Å²) in [5.74, 6) is -1.92. The maximum atomic E-state index is 13.6. The van der Waals surface area contributed by atoms with Gasteiger partial charge in [-0.3, -0.25) is 4.39 Å². The molecule has 1 aromatic carbocycles. The van der Waals surface area contributed by atoms with Crippen molar-refractivity contribution in [2.45, 2.75) is 26.3 Å². The van der Waals surface area contributed by atoms with E-state index >= 15 is 0 Å². The molecule has 1 N–H and O–H groups in total. The summed E-state index contributed by atoms with van der Waals surface area (Å²) in [6.45, 7) is 2.61. The van der Waals surface area contributed by atoms with Crippen LogP contribution in [0.1, 0.15) is 25.3 Å². The second-order valence-electron chi connectivity index (χ2n) is 3.96. The molecule has 0 atom stereocenters. The smallest absolute Gasteiger partial charge is 0.190 e. The first-order valence-corrected chi connectivity index (χ1v) is 6.06. The fourth-order valence-corrected chi connectivity index (χ4v) is 1.49. The molecule has 0 aliphatic carbocycles. The van der Waals surface area contributed by atoms with Gasteiger partial charge in [-0.05, 0) is 30.7 Å². The Morgan fingerprint density at radius 2 is 1.89 bits per heavy atom. The molecule has 102 valence electrons. The predicted molar refractivity (Wildman–Crippen MR) is 64.4 cm³/mol. The highest BCUT2D eigenvalue weighted by molar-refractivity contribution is 5.31. The van der Waals surface area contributed by atoms with Crippen molar-refractivity contribution in [3.63, 3.8) is 0 Å². The number of ether oxygens (including phenoxy) is 1. The van der Waals surface area contributed by atoms with Crippen molar-refractivity contribution in [1.29, 1.82) is 0 Å². The molecule has 0 fully saturated rings. The summed E-state index contributed by atoms with van der Waals surface area (Å²) < 4.78 is 43.9. The number of rotatable bonds is 8. The van der Waals surface area contributed by atoms with Gasteiger partial charge in [0, 0.05) is 13.0 Å². The fourth-order valence-electron chi connectivity index (χ4n) is 1.49. The zero-order valence-corrected chi connectivity index (χ0v) is 10.4. The fraction of sp³-hybridized carbons (Fsp3) is 0.538. The van der Waals surface area contributed by atoms with Gasteiger partial charge in [-0.15, -0.1) is 0 Å². The van der Waals surface area contributed by atoms with E-state index in [0.717, 1.165) is 13.0 Å². The quantitative estimate of drug-likeness (QED) is 0.726. The van der Waals surface area contributed by atoms with Gasteiger partial charge in [0.1, 0.15) is 0 Å². The number of hydrogen-bond donors (Lipinski definition) is 1. The number of benzene rings is 1. The molecule has 0 saturated heterocycles. The van der Waals surface area contributed by atoms with E-state index in [1.807, 2.05) is 6.92 Å². The first-order valence-electron chi connectivity index (χ1n) is 6.06. The third-order valence-electron chi connectivity index (χ3n) is 2.34. The molecule has 0 aromatic heterocycles. The van der Waals surface area contributed by atoms with Crippen molar-refractivity contribution < 1.29 is 17.9 Å². The first-order chi connectivity index (χ1) is 8.69. The van der Waals surface area contributed by atoms with Crippen LogP contribution in [-0.2, 0) is 6.54 Å². The molecular formula is C13H18F3NO. The van der Waals surface area contributed by atoms with Crippen LogP contribution in [-0.4, -0.2) is 19.8 Å². The Hall–Kier alpha value is -1.23. The number of hydrogen-bond acceptors (Lipinski definition) is 2. The van der Waals surface area contributed by atoms with E-state index in [1.165, 1.54) is 12.1 Å². The van der Waals surface area contributed by atoms with E-state index in [4.69, 9.17) is 4.74 Å². The van der Waals surface area contributed by atoms with Crippen molar-refractivity contribution >= 4 is 0 Å². The molecule has 0 spiro atoms. The van der Waals surface area contributed by atoms with Crippen LogP contribution >= 0.6 is 0 Å². The van der Waals surface area contributed by atoms with Crippen LogP contribution in [0.15, 0.2) is 12.1 Å². The summed E-state index contributed by atoms with van der Waals surface area (Å²) in [5, 5.41) is 3.05. The number of alkyl halides is 1. The Morgan fingerprint density at radius 3 is 2.44 bits per heavy atom. The Morgan fingerprint density at radius 1 is 1.22 bits per heavy atom. The Kier molecular flexibility index (Phi) is 6.57.